The van der Waals surface area contributed by atoms with Gasteiger partial charge in [-0.25, -0.2) is 0 Å². The standard InChI is InChI=1S/C26H32N2O4/c29-23-15-21(25(31)27(23)19-7-3-1-4-8-19)17-11-13-18(14-12-17)22-16-24(30)28(26(22)32)20-9-5-2-6-10-20/h11-14,19-22H,1-10,15-16H2. The monoisotopic (exact) mass is 436 g/mol. The van der Waals surface area contributed by atoms with E-state index < -0.39 is 11.8 Å². The van der Waals surface area contributed by atoms with Crippen LogP contribution in [0.4, 0.5) is 0 Å². The zero-order valence-electron chi connectivity index (χ0n) is 18.6. The molecule has 0 spiro atoms. The molecule has 1 aromatic rings. The van der Waals surface area contributed by atoms with Crippen LogP contribution in [0.3, 0.4) is 0 Å². The van der Waals surface area contributed by atoms with Gasteiger partial charge in [0, 0.05) is 24.9 Å². The van der Waals surface area contributed by atoms with E-state index in [0.717, 1.165) is 62.5 Å². The summed E-state index contributed by atoms with van der Waals surface area (Å²) in [6.45, 7) is 0. The van der Waals surface area contributed by atoms with E-state index in [-0.39, 0.29) is 48.6 Å². The first kappa shape index (κ1) is 21.4. The lowest BCUT2D eigenvalue weighted by molar-refractivity contribution is -0.143. The number of rotatable bonds is 4. The summed E-state index contributed by atoms with van der Waals surface area (Å²) in [5, 5.41) is 0. The molecular formula is C26H32N2O4. The van der Waals surface area contributed by atoms with Crippen LogP contribution in [0.15, 0.2) is 24.3 Å². The van der Waals surface area contributed by atoms with Crippen LogP contribution in [0.2, 0.25) is 0 Å². The number of likely N-dealkylation sites (tertiary alicyclic amines) is 2. The lowest BCUT2D eigenvalue weighted by atomic mass is 9.91. The fourth-order valence-electron chi connectivity index (χ4n) is 6.23. The van der Waals surface area contributed by atoms with Crippen molar-refractivity contribution >= 4 is 23.6 Å². The number of nitrogens with zero attached hydrogens (tertiary/aromatic N) is 2. The Hall–Kier alpha value is -2.50. The second-order valence-corrected chi connectivity index (χ2v) is 9.97. The summed E-state index contributed by atoms with van der Waals surface area (Å²) in [6, 6.07) is 7.60. The number of carbonyl (C=O) groups is 4. The van der Waals surface area contributed by atoms with Gasteiger partial charge in [-0.2, -0.15) is 0 Å². The van der Waals surface area contributed by atoms with Gasteiger partial charge >= 0.3 is 0 Å². The maximum absolute atomic E-state index is 13.1. The van der Waals surface area contributed by atoms with E-state index in [9.17, 15) is 19.2 Å². The average molecular weight is 437 g/mol. The molecule has 32 heavy (non-hydrogen) atoms. The Balaban J connectivity index is 1.29. The molecule has 6 heteroatoms. The number of carbonyl (C=O) groups excluding carboxylic acids is 4. The molecule has 2 heterocycles. The van der Waals surface area contributed by atoms with Crippen molar-refractivity contribution in [3.63, 3.8) is 0 Å². The van der Waals surface area contributed by atoms with E-state index in [1.807, 2.05) is 24.3 Å². The van der Waals surface area contributed by atoms with Gasteiger partial charge in [-0.05, 0) is 36.8 Å². The highest BCUT2D eigenvalue weighted by atomic mass is 16.2. The minimum Gasteiger partial charge on any atom is -0.279 e. The van der Waals surface area contributed by atoms with Crippen LogP contribution in [-0.2, 0) is 19.2 Å². The Morgan fingerprint density at radius 3 is 1.22 bits per heavy atom. The number of hydrogen-bond donors (Lipinski definition) is 0. The van der Waals surface area contributed by atoms with E-state index in [1.54, 1.807) is 0 Å². The summed E-state index contributed by atoms with van der Waals surface area (Å²) in [5.74, 6) is -1.14. The molecule has 5 rings (SSSR count). The Morgan fingerprint density at radius 2 is 0.875 bits per heavy atom. The smallest absolute Gasteiger partial charge is 0.237 e. The van der Waals surface area contributed by atoms with Crippen LogP contribution >= 0.6 is 0 Å². The number of hydrogen-bond acceptors (Lipinski definition) is 4. The highest BCUT2D eigenvalue weighted by Crippen LogP contribution is 2.37. The van der Waals surface area contributed by atoms with E-state index in [4.69, 9.17) is 0 Å². The normalized spacial score (nSPS) is 28.2. The highest BCUT2D eigenvalue weighted by Gasteiger charge is 2.45. The lowest BCUT2D eigenvalue weighted by Crippen LogP contribution is -2.41. The van der Waals surface area contributed by atoms with Gasteiger partial charge in [0.1, 0.15) is 0 Å². The molecule has 4 aliphatic rings. The Labute approximate surface area is 189 Å². The van der Waals surface area contributed by atoms with Gasteiger partial charge < -0.3 is 0 Å². The molecule has 0 bridgehead atoms. The van der Waals surface area contributed by atoms with Crippen LogP contribution in [0.25, 0.3) is 0 Å². The maximum atomic E-state index is 13.1. The van der Waals surface area contributed by atoms with Crippen LogP contribution in [-0.4, -0.2) is 45.5 Å². The molecule has 170 valence electrons. The molecule has 4 fully saturated rings. The predicted molar refractivity (Wildman–Crippen MR) is 119 cm³/mol. The van der Waals surface area contributed by atoms with E-state index >= 15 is 0 Å². The molecule has 0 aromatic heterocycles. The Kier molecular flexibility index (Phi) is 5.87. The van der Waals surface area contributed by atoms with Crippen LogP contribution in [0, 0.1) is 0 Å². The summed E-state index contributed by atoms with van der Waals surface area (Å²) in [4.78, 5) is 54.4. The summed E-state index contributed by atoms with van der Waals surface area (Å²) < 4.78 is 0. The number of imide groups is 2. The molecule has 2 unspecified atom stereocenters. The van der Waals surface area contributed by atoms with Crippen molar-refractivity contribution in [1.82, 2.24) is 9.80 Å². The van der Waals surface area contributed by atoms with Gasteiger partial charge in [0.25, 0.3) is 0 Å². The largest absolute Gasteiger partial charge is 0.279 e. The van der Waals surface area contributed by atoms with E-state index in [1.165, 1.54) is 22.6 Å². The third kappa shape index (κ3) is 3.78. The van der Waals surface area contributed by atoms with Gasteiger partial charge in [-0.15, -0.1) is 0 Å². The van der Waals surface area contributed by atoms with Crippen molar-refractivity contribution in [2.24, 2.45) is 0 Å². The first-order valence-electron chi connectivity index (χ1n) is 12.4. The van der Waals surface area contributed by atoms with Crippen LogP contribution < -0.4 is 0 Å². The van der Waals surface area contributed by atoms with E-state index in [0.29, 0.717) is 0 Å². The first-order chi connectivity index (χ1) is 15.5. The van der Waals surface area contributed by atoms with Gasteiger partial charge in [0.15, 0.2) is 0 Å². The van der Waals surface area contributed by atoms with Gasteiger partial charge in [0.05, 0.1) is 11.8 Å². The predicted octanol–water partition coefficient (Wildman–Crippen LogP) is 4.04. The second kappa shape index (κ2) is 8.80. The summed E-state index contributed by atoms with van der Waals surface area (Å²) in [5.41, 5.74) is 1.65. The van der Waals surface area contributed by atoms with Gasteiger partial charge in [-0.1, -0.05) is 62.8 Å². The summed E-state index contributed by atoms with van der Waals surface area (Å²) in [6.07, 6.45) is 10.8. The summed E-state index contributed by atoms with van der Waals surface area (Å²) >= 11 is 0. The summed E-state index contributed by atoms with van der Waals surface area (Å²) in [7, 11) is 0. The minimum atomic E-state index is -0.432. The molecule has 2 aliphatic heterocycles. The quantitative estimate of drug-likeness (QED) is 0.668. The van der Waals surface area contributed by atoms with Gasteiger partial charge in [-0.3, -0.25) is 29.0 Å². The molecule has 6 nitrogen and oxygen atoms in total. The zero-order chi connectivity index (χ0) is 22.2. The van der Waals surface area contributed by atoms with Crippen LogP contribution in [0.5, 0.6) is 0 Å². The van der Waals surface area contributed by atoms with Gasteiger partial charge in [0.2, 0.25) is 23.6 Å². The van der Waals surface area contributed by atoms with Crippen molar-refractivity contribution in [2.75, 3.05) is 0 Å². The Bertz CT molecular complexity index is 837. The number of benzene rings is 1. The first-order valence-corrected chi connectivity index (χ1v) is 12.4. The average Bonchev–Trinajstić information content (AvgIpc) is 3.29. The third-order valence-electron chi connectivity index (χ3n) is 7.99. The SMILES string of the molecule is O=C1CC(c2ccc(C3CC(=O)N(C4CCCCC4)C3=O)cc2)C(=O)N1C1CCCCC1. The molecule has 1 aromatic carbocycles. The lowest BCUT2D eigenvalue weighted by Gasteiger charge is -2.30. The van der Waals surface area contributed by atoms with Crippen molar-refractivity contribution in [2.45, 2.75) is 101 Å². The maximum Gasteiger partial charge on any atom is 0.237 e. The topological polar surface area (TPSA) is 74.8 Å². The molecule has 0 radical (unpaired) electrons. The zero-order valence-corrected chi connectivity index (χ0v) is 18.6. The molecule has 2 saturated carbocycles. The van der Waals surface area contributed by atoms with Crippen molar-refractivity contribution < 1.29 is 19.2 Å². The van der Waals surface area contributed by atoms with Crippen molar-refractivity contribution in [1.29, 1.82) is 0 Å². The number of amides is 4. The molecule has 4 amide bonds. The molecule has 2 saturated heterocycles. The fraction of sp³-hybridized carbons (Fsp3) is 0.615. The highest BCUT2D eigenvalue weighted by molar-refractivity contribution is 6.07. The van der Waals surface area contributed by atoms with Crippen molar-refractivity contribution in [3.05, 3.63) is 35.4 Å². The second-order valence-electron chi connectivity index (χ2n) is 9.97. The van der Waals surface area contributed by atoms with Crippen molar-refractivity contribution in [3.8, 4) is 0 Å². The molecule has 2 aliphatic carbocycles. The minimum absolute atomic E-state index is 0.0564. The molecule has 0 N–H and O–H groups in total. The third-order valence-corrected chi connectivity index (χ3v) is 7.99. The molecule has 2 atom stereocenters. The molecular weight excluding hydrogens is 404 g/mol. The van der Waals surface area contributed by atoms with E-state index in [2.05, 4.69) is 0 Å². The van der Waals surface area contributed by atoms with Crippen LogP contribution in [0.1, 0.15) is 100 Å². The Morgan fingerprint density at radius 1 is 0.531 bits per heavy atom. The fourth-order valence-corrected chi connectivity index (χ4v) is 6.23.